The van der Waals surface area contributed by atoms with Gasteiger partial charge in [0.2, 0.25) is 0 Å². The van der Waals surface area contributed by atoms with E-state index >= 15 is 0 Å². The van der Waals surface area contributed by atoms with Crippen molar-refractivity contribution in [3.63, 3.8) is 0 Å². The number of imide groups is 1. The van der Waals surface area contributed by atoms with Crippen LogP contribution in [0.1, 0.15) is 36.2 Å². The lowest BCUT2D eigenvalue weighted by Gasteiger charge is -2.24. The Hall–Kier alpha value is -2.55. The molecule has 1 aromatic carbocycles. The van der Waals surface area contributed by atoms with Gasteiger partial charge in [-0.2, -0.15) is 11.8 Å². The maximum absolute atomic E-state index is 12.6. The molecule has 0 fully saturated rings. The minimum atomic E-state index is -1.20. The van der Waals surface area contributed by atoms with Crippen LogP contribution in [0.15, 0.2) is 24.3 Å². The Kier molecular flexibility index (Phi) is 9.50. The highest BCUT2D eigenvalue weighted by molar-refractivity contribution is 7.98. The predicted octanol–water partition coefficient (Wildman–Crippen LogP) is 1.61. The average molecular weight is 410 g/mol. The first-order valence-electron chi connectivity index (χ1n) is 8.83. The molecule has 0 heterocycles. The fraction of sp³-hybridized carbons (Fsp3) is 0.474. The zero-order valence-electron chi connectivity index (χ0n) is 16.5. The summed E-state index contributed by atoms with van der Waals surface area (Å²) < 4.78 is 5.31. The van der Waals surface area contributed by atoms with Crippen molar-refractivity contribution in [2.45, 2.75) is 39.3 Å². The lowest BCUT2D eigenvalue weighted by molar-refractivity contribution is -0.160. The summed E-state index contributed by atoms with van der Waals surface area (Å²) in [5, 5.41) is 4.58. The smallest absolute Gasteiger partial charge is 0.329 e. The van der Waals surface area contributed by atoms with Crippen LogP contribution in [0.5, 0.6) is 0 Å². The van der Waals surface area contributed by atoms with Gasteiger partial charge in [0.05, 0.1) is 0 Å². The van der Waals surface area contributed by atoms with Crippen LogP contribution in [0.3, 0.4) is 0 Å². The van der Waals surface area contributed by atoms with Crippen LogP contribution in [-0.2, 0) is 14.3 Å². The monoisotopic (exact) mass is 409 g/mol. The van der Waals surface area contributed by atoms with Crippen molar-refractivity contribution in [3.05, 3.63) is 35.4 Å². The third-order valence-corrected chi connectivity index (χ3v) is 4.48. The van der Waals surface area contributed by atoms with E-state index in [0.29, 0.717) is 17.7 Å². The summed E-state index contributed by atoms with van der Waals surface area (Å²) in [7, 11) is 0. The van der Waals surface area contributed by atoms with E-state index in [1.54, 1.807) is 32.0 Å². The van der Waals surface area contributed by atoms with E-state index in [0.717, 1.165) is 5.56 Å². The standard InChI is InChI=1S/C19H27N3O5S/c1-11(2)15(17(24)22-19(20)26)27-18(25)14(8-9-28-4)21-16(23)13-7-5-6-12(3)10-13/h5-7,10-11,14-15H,8-9H2,1-4H3,(H,21,23)(H3,20,22,24,26)/t14-,15+/m0/s1. The predicted molar refractivity (Wildman–Crippen MR) is 108 cm³/mol. The van der Waals surface area contributed by atoms with Gasteiger partial charge in [-0.05, 0) is 43.4 Å². The summed E-state index contributed by atoms with van der Waals surface area (Å²) in [5.74, 6) is -1.74. The SMILES string of the molecule is CSCC[C@H](NC(=O)c1cccc(C)c1)C(=O)O[C@@H](C(=O)NC(N)=O)C(C)C. The van der Waals surface area contributed by atoms with Crippen LogP contribution in [0, 0.1) is 12.8 Å². The van der Waals surface area contributed by atoms with Crippen molar-refractivity contribution < 1.29 is 23.9 Å². The fourth-order valence-electron chi connectivity index (χ4n) is 2.40. The van der Waals surface area contributed by atoms with E-state index in [1.165, 1.54) is 11.8 Å². The number of benzene rings is 1. The molecule has 0 bridgehead atoms. The van der Waals surface area contributed by atoms with E-state index < -0.39 is 41.9 Å². The van der Waals surface area contributed by atoms with E-state index in [1.807, 2.05) is 24.6 Å². The quantitative estimate of drug-likeness (QED) is 0.532. The Morgan fingerprint density at radius 1 is 1.21 bits per heavy atom. The Morgan fingerprint density at radius 2 is 1.89 bits per heavy atom. The largest absolute Gasteiger partial charge is 0.450 e. The van der Waals surface area contributed by atoms with Crippen LogP contribution < -0.4 is 16.4 Å². The Morgan fingerprint density at radius 3 is 2.43 bits per heavy atom. The molecule has 2 atom stereocenters. The highest BCUT2D eigenvalue weighted by Gasteiger charge is 2.31. The molecule has 28 heavy (non-hydrogen) atoms. The number of hydrogen-bond donors (Lipinski definition) is 3. The highest BCUT2D eigenvalue weighted by Crippen LogP contribution is 2.12. The summed E-state index contributed by atoms with van der Waals surface area (Å²) in [5.41, 5.74) is 6.30. The van der Waals surface area contributed by atoms with Gasteiger partial charge in [0.25, 0.3) is 11.8 Å². The molecule has 0 aromatic heterocycles. The first kappa shape index (κ1) is 23.5. The van der Waals surface area contributed by atoms with E-state index in [4.69, 9.17) is 10.5 Å². The second-order valence-corrected chi connectivity index (χ2v) is 7.62. The number of thioether (sulfide) groups is 1. The number of amides is 4. The molecule has 9 heteroatoms. The summed E-state index contributed by atoms with van der Waals surface area (Å²) in [4.78, 5) is 48.1. The minimum absolute atomic E-state index is 0.333. The van der Waals surface area contributed by atoms with Gasteiger partial charge in [0.15, 0.2) is 6.10 Å². The molecular formula is C19H27N3O5S. The zero-order chi connectivity index (χ0) is 21.3. The lowest BCUT2D eigenvalue weighted by Crippen LogP contribution is -2.49. The second-order valence-electron chi connectivity index (χ2n) is 6.63. The van der Waals surface area contributed by atoms with Gasteiger partial charge in [-0.15, -0.1) is 0 Å². The molecule has 4 amide bonds. The van der Waals surface area contributed by atoms with Crippen LogP contribution >= 0.6 is 11.8 Å². The number of esters is 1. The van der Waals surface area contributed by atoms with Crippen molar-refractivity contribution in [1.29, 1.82) is 0 Å². The number of primary amides is 1. The first-order valence-corrected chi connectivity index (χ1v) is 10.2. The normalized spacial score (nSPS) is 12.8. The van der Waals surface area contributed by atoms with Gasteiger partial charge < -0.3 is 15.8 Å². The lowest BCUT2D eigenvalue weighted by atomic mass is 10.1. The molecule has 1 rings (SSSR count). The second kappa shape index (κ2) is 11.3. The number of carbonyl (C=O) groups excluding carboxylic acids is 4. The van der Waals surface area contributed by atoms with Gasteiger partial charge >= 0.3 is 12.0 Å². The first-order chi connectivity index (χ1) is 13.1. The van der Waals surface area contributed by atoms with Gasteiger partial charge in [0, 0.05) is 5.56 Å². The fourth-order valence-corrected chi connectivity index (χ4v) is 2.88. The van der Waals surface area contributed by atoms with E-state index in [2.05, 4.69) is 5.32 Å². The third kappa shape index (κ3) is 7.59. The zero-order valence-corrected chi connectivity index (χ0v) is 17.3. The molecule has 0 saturated carbocycles. The molecular weight excluding hydrogens is 382 g/mol. The van der Waals surface area contributed by atoms with Crippen LogP contribution in [-0.4, -0.2) is 48.0 Å². The number of carbonyl (C=O) groups is 4. The van der Waals surface area contributed by atoms with E-state index in [-0.39, 0.29) is 0 Å². The van der Waals surface area contributed by atoms with Crippen molar-refractivity contribution >= 4 is 35.6 Å². The van der Waals surface area contributed by atoms with Crippen LogP contribution in [0.2, 0.25) is 0 Å². The molecule has 0 aliphatic heterocycles. The number of rotatable bonds is 9. The molecule has 0 aliphatic rings. The van der Waals surface area contributed by atoms with Gasteiger partial charge in [-0.3, -0.25) is 14.9 Å². The highest BCUT2D eigenvalue weighted by atomic mass is 32.2. The number of urea groups is 1. The average Bonchev–Trinajstić information content (AvgIpc) is 2.61. The van der Waals surface area contributed by atoms with Crippen molar-refractivity contribution in [3.8, 4) is 0 Å². The number of hydrogen-bond acceptors (Lipinski definition) is 6. The van der Waals surface area contributed by atoms with Gasteiger partial charge in [0.1, 0.15) is 6.04 Å². The molecule has 0 aliphatic carbocycles. The van der Waals surface area contributed by atoms with Crippen molar-refractivity contribution in [2.24, 2.45) is 11.7 Å². The number of nitrogens with one attached hydrogen (secondary N) is 2. The molecule has 0 unspecified atom stereocenters. The third-order valence-electron chi connectivity index (χ3n) is 3.83. The van der Waals surface area contributed by atoms with Gasteiger partial charge in [-0.1, -0.05) is 31.5 Å². The summed E-state index contributed by atoms with van der Waals surface area (Å²) in [6.07, 6.45) is 1.01. The molecule has 0 radical (unpaired) electrons. The van der Waals surface area contributed by atoms with Crippen molar-refractivity contribution in [1.82, 2.24) is 10.6 Å². The maximum Gasteiger partial charge on any atom is 0.329 e. The molecule has 0 saturated heterocycles. The van der Waals surface area contributed by atoms with Crippen LogP contribution in [0.4, 0.5) is 4.79 Å². The topological polar surface area (TPSA) is 128 Å². The molecule has 4 N–H and O–H groups in total. The molecule has 0 spiro atoms. The number of ether oxygens (including phenoxy) is 1. The molecule has 154 valence electrons. The van der Waals surface area contributed by atoms with E-state index in [9.17, 15) is 19.2 Å². The summed E-state index contributed by atoms with van der Waals surface area (Å²) >= 11 is 1.51. The number of nitrogens with two attached hydrogens (primary N) is 1. The molecule has 1 aromatic rings. The van der Waals surface area contributed by atoms with Crippen molar-refractivity contribution in [2.75, 3.05) is 12.0 Å². The summed E-state index contributed by atoms with van der Waals surface area (Å²) in [6, 6.07) is 5.02. The van der Waals surface area contributed by atoms with Crippen LogP contribution in [0.25, 0.3) is 0 Å². The minimum Gasteiger partial charge on any atom is -0.450 e. The Balaban J connectivity index is 2.91. The molecule has 8 nitrogen and oxygen atoms in total. The summed E-state index contributed by atoms with van der Waals surface area (Å²) in [6.45, 7) is 5.20. The Labute approximate surface area is 168 Å². The maximum atomic E-state index is 12.6. The van der Waals surface area contributed by atoms with Gasteiger partial charge in [-0.25, -0.2) is 9.59 Å². The Bertz CT molecular complexity index is 723. The number of aryl methyl sites for hydroxylation is 1.